The Morgan fingerprint density at radius 3 is 1.56 bits per heavy atom. The van der Waals surface area contributed by atoms with E-state index in [-0.39, 0.29) is 11.6 Å². The average molecular weight is 351 g/mol. The molecule has 25 heavy (non-hydrogen) atoms. The second-order valence-corrected chi connectivity index (χ2v) is 7.94. The van der Waals surface area contributed by atoms with Gasteiger partial charge in [-0.05, 0) is 25.3 Å². The van der Waals surface area contributed by atoms with Crippen LogP contribution in [0.3, 0.4) is 0 Å². The van der Waals surface area contributed by atoms with Gasteiger partial charge in [0.15, 0.2) is 0 Å². The Bertz CT molecular complexity index is 344. The molecule has 0 aliphatic heterocycles. The summed E-state index contributed by atoms with van der Waals surface area (Å²) in [6.45, 7) is 6.03. The molecule has 0 heterocycles. The molecule has 2 nitrogen and oxygen atoms in total. The van der Waals surface area contributed by atoms with Gasteiger partial charge >= 0.3 is 5.97 Å². The fourth-order valence-electron chi connectivity index (χ4n) is 3.39. The van der Waals surface area contributed by atoms with Crippen molar-refractivity contribution in [3.63, 3.8) is 0 Å². The van der Waals surface area contributed by atoms with E-state index in [0.29, 0.717) is 6.42 Å². The van der Waals surface area contributed by atoms with Gasteiger partial charge in [-0.15, -0.1) is 0 Å². The molecular weight excluding hydrogens is 308 g/mol. The van der Waals surface area contributed by atoms with Crippen molar-refractivity contribution in [1.29, 1.82) is 0 Å². The lowest BCUT2D eigenvalue weighted by Gasteiger charge is -2.11. The third-order valence-corrected chi connectivity index (χ3v) is 5.42. The molecule has 1 fully saturated rings. The number of rotatable bonds is 18. The fourth-order valence-corrected chi connectivity index (χ4v) is 3.39. The molecule has 0 amide bonds. The summed E-state index contributed by atoms with van der Waals surface area (Å²) in [5, 5.41) is 0. The molecule has 0 aromatic carbocycles. The minimum absolute atomic E-state index is 0.0351. The molecule has 0 unspecified atom stereocenters. The third-order valence-electron chi connectivity index (χ3n) is 5.42. The highest BCUT2D eigenvalue weighted by Crippen LogP contribution is 2.40. The van der Waals surface area contributed by atoms with E-state index < -0.39 is 0 Å². The molecule has 1 saturated carbocycles. The minimum atomic E-state index is -0.285. The van der Waals surface area contributed by atoms with E-state index in [1.807, 2.05) is 0 Å². The van der Waals surface area contributed by atoms with Crippen molar-refractivity contribution in [2.45, 2.75) is 128 Å². The number of unbranched alkanes of at least 4 members (excludes halogenated alkanes) is 14. The molecule has 0 bridgehead atoms. The molecule has 0 aromatic rings. The molecule has 0 aromatic heterocycles. The molecular formula is C23H42O2. The Kier molecular flexibility index (Phi) is 12.8. The molecule has 146 valence electrons. The molecule has 1 rings (SSSR count). The van der Waals surface area contributed by atoms with Crippen LogP contribution in [0.2, 0.25) is 0 Å². The van der Waals surface area contributed by atoms with Gasteiger partial charge < -0.3 is 4.74 Å². The number of hydrogen-bond acceptors (Lipinski definition) is 2. The Morgan fingerprint density at radius 1 is 0.800 bits per heavy atom. The molecule has 0 radical (unpaired) electrons. The van der Waals surface area contributed by atoms with Crippen LogP contribution < -0.4 is 0 Å². The van der Waals surface area contributed by atoms with Crippen LogP contribution in [0.15, 0.2) is 12.7 Å². The first-order valence-corrected chi connectivity index (χ1v) is 11.1. The van der Waals surface area contributed by atoms with Gasteiger partial charge in [-0.25, -0.2) is 0 Å². The minimum Gasteiger partial charge on any atom is -0.455 e. The van der Waals surface area contributed by atoms with Crippen molar-refractivity contribution >= 4 is 5.97 Å². The van der Waals surface area contributed by atoms with Gasteiger partial charge in [0.1, 0.15) is 5.60 Å². The Hall–Kier alpha value is -0.790. The van der Waals surface area contributed by atoms with E-state index in [1.165, 1.54) is 83.5 Å². The first-order valence-electron chi connectivity index (χ1n) is 11.1. The summed E-state index contributed by atoms with van der Waals surface area (Å²) in [5.41, 5.74) is -0.285. The molecule has 1 aliphatic rings. The predicted molar refractivity (Wildman–Crippen MR) is 108 cm³/mol. The lowest BCUT2D eigenvalue weighted by atomic mass is 10.0. The monoisotopic (exact) mass is 350 g/mol. The van der Waals surface area contributed by atoms with Crippen molar-refractivity contribution in [1.82, 2.24) is 0 Å². The van der Waals surface area contributed by atoms with E-state index in [1.54, 1.807) is 6.08 Å². The van der Waals surface area contributed by atoms with Crippen LogP contribution in [0.5, 0.6) is 0 Å². The Morgan fingerprint density at radius 2 is 1.20 bits per heavy atom. The topological polar surface area (TPSA) is 26.3 Å². The lowest BCUT2D eigenvalue weighted by Crippen LogP contribution is -2.16. The van der Waals surface area contributed by atoms with Crippen molar-refractivity contribution in [2.75, 3.05) is 0 Å². The number of carbonyl (C=O) groups is 1. The molecule has 0 N–H and O–H groups in total. The largest absolute Gasteiger partial charge is 0.455 e. The summed E-state index contributed by atoms with van der Waals surface area (Å²) in [6.07, 6.45) is 24.5. The van der Waals surface area contributed by atoms with Gasteiger partial charge in [0, 0.05) is 6.42 Å². The first kappa shape index (κ1) is 22.3. The van der Waals surface area contributed by atoms with E-state index >= 15 is 0 Å². The van der Waals surface area contributed by atoms with Crippen molar-refractivity contribution < 1.29 is 9.53 Å². The summed E-state index contributed by atoms with van der Waals surface area (Å²) in [7, 11) is 0. The van der Waals surface area contributed by atoms with Crippen LogP contribution in [0.4, 0.5) is 0 Å². The Balaban J connectivity index is 1.73. The summed E-state index contributed by atoms with van der Waals surface area (Å²) in [4.78, 5) is 11.7. The van der Waals surface area contributed by atoms with Gasteiger partial charge in [-0.3, -0.25) is 4.79 Å². The highest BCUT2D eigenvalue weighted by molar-refractivity contribution is 5.70. The predicted octanol–water partition coefficient (Wildman–Crippen LogP) is 7.51. The molecule has 0 atom stereocenters. The fraction of sp³-hybridized carbons (Fsp3) is 0.870. The normalized spacial score (nSPS) is 15.1. The van der Waals surface area contributed by atoms with Crippen LogP contribution >= 0.6 is 0 Å². The average Bonchev–Trinajstić information content (AvgIpc) is 3.38. The van der Waals surface area contributed by atoms with Crippen molar-refractivity contribution in [3.8, 4) is 0 Å². The Labute approximate surface area is 156 Å². The number of hydrogen-bond donors (Lipinski definition) is 0. The van der Waals surface area contributed by atoms with Gasteiger partial charge in [0.05, 0.1) is 0 Å². The maximum absolute atomic E-state index is 11.7. The number of esters is 1. The lowest BCUT2D eigenvalue weighted by molar-refractivity contribution is -0.148. The van der Waals surface area contributed by atoms with Crippen LogP contribution in [-0.4, -0.2) is 11.6 Å². The number of ether oxygens (including phenoxy) is 1. The van der Waals surface area contributed by atoms with Gasteiger partial charge in [0.2, 0.25) is 0 Å². The highest BCUT2D eigenvalue weighted by Gasteiger charge is 2.43. The summed E-state index contributed by atoms with van der Waals surface area (Å²) in [6, 6.07) is 0. The highest BCUT2D eigenvalue weighted by atomic mass is 16.6. The molecule has 0 spiro atoms. The SMILES string of the molecule is C=CC1(OC(=O)CCCCCCCCCCCCCCCCC)CC1. The maximum Gasteiger partial charge on any atom is 0.306 e. The maximum atomic E-state index is 11.7. The molecule has 2 heteroatoms. The zero-order chi connectivity index (χ0) is 18.2. The van der Waals surface area contributed by atoms with Crippen molar-refractivity contribution in [2.24, 2.45) is 0 Å². The van der Waals surface area contributed by atoms with E-state index in [2.05, 4.69) is 13.5 Å². The van der Waals surface area contributed by atoms with E-state index in [9.17, 15) is 4.79 Å². The first-order chi connectivity index (χ1) is 12.2. The summed E-state index contributed by atoms with van der Waals surface area (Å²) >= 11 is 0. The van der Waals surface area contributed by atoms with E-state index in [4.69, 9.17) is 4.74 Å². The van der Waals surface area contributed by atoms with Crippen LogP contribution in [0.1, 0.15) is 122 Å². The van der Waals surface area contributed by atoms with Crippen LogP contribution in [0.25, 0.3) is 0 Å². The van der Waals surface area contributed by atoms with Gasteiger partial charge in [-0.1, -0.05) is 103 Å². The smallest absolute Gasteiger partial charge is 0.306 e. The van der Waals surface area contributed by atoms with Crippen LogP contribution in [-0.2, 0) is 9.53 Å². The van der Waals surface area contributed by atoms with Gasteiger partial charge in [0.25, 0.3) is 0 Å². The number of carbonyl (C=O) groups excluding carboxylic acids is 1. The third kappa shape index (κ3) is 12.2. The molecule has 0 saturated heterocycles. The standard InChI is InChI=1S/C23H42O2/c1-3-5-6-7-8-9-10-11-12-13-14-15-16-17-18-19-22(24)25-23(4-2)20-21-23/h4H,2-3,5-21H2,1H3. The van der Waals surface area contributed by atoms with Gasteiger partial charge in [-0.2, -0.15) is 0 Å². The van der Waals surface area contributed by atoms with Crippen LogP contribution in [0, 0.1) is 0 Å². The van der Waals surface area contributed by atoms with Crippen molar-refractivity contribution in [3.05, 3.63) is 12.7 Å². The zero-order valence-electron chi connectivity index (χ0n) is 16.8. The second-order valence-electron chi connectivity index (χ2n) is 7.94. The molecule has 1 aliphatic carbocycles. The second kappa shape index (κ2) is 14.4. The summed E-state index contributed by atoms with van der Waals surface area (Å²) in [5.74, 6) is -0.0351. The van der Waals surface area contributed by atoms with E-state index in [0.717, 1.165) is 25.7 Å². The zero-order valence-corrected chi connectivity index (χ0v) is 16.8. The summed E-state index contributed by atoms with van der Waals surface area (Å²) < 4.78 is 5.46. The quantitative estimate of drug-likeness (QED) is 0.145.